The lowest BCUT2D eigenvalue weighted by Crippen LogP contribution is -2.61. The zero-order valence-corrected chi connectivity index (χ0v) is 16.7. The van der Waals surface area contributed by atoms with Crippen LogP contribution in [0.1, 0.15) is 38.5 Å². The number of benzene rings is 1. The number of rotatable bonds is 6. The fourth-order valence-corrected chi connectivity index (χ4v) is 6.99. The molecule has 1 aromatic carbocycles. The number of non-ortho nitro benzene ring substituents is 1. The van der Waals surface area contributed by atoms with Crippen molar-refractivity contribution in [3.63, 3.8) is 0 Å². The SMILES string of the molecule is CN(CC(=O)NC12CC3CC(CC(C3)C1)C2)S(=O)(=O)c1cccc([N+](=O)[O-])c1. The molecule has 0 unspecified atom stereocenters. The van der Waals surface area contributed by atoms with Crippen LogP contribution in [0.3, 0.4) is 0 Å². The summed E-state index contributed by atoms with van der Waals surface area (Å²) in [6, 6.07) is 4.88. The Hall–Kier alpha value is -2.00. The quantitative estimate of drug-likeness (QED) is 0.575. The summed E-state index contributed by atoms with van der Waals surface area (Å²) in [5, 5.41) is 14.1. The minimum Gasteiger partial charge on any atom is -0.349 e. The van der Waals surface area contributed by atoms with Crippen LogP contribution in [0.4, 0.5) is 5.69 Å². The highest BCUT2D eigenvalue weighted by atomic mass is 32.2. The van der Waals surface area contributed by atoms with Crippen LogP contribution in [0.25, 0.3) is 0 Å². The molecule has 4 aliphatic carbocycles. The van der Waals surface area contributed by atoms with Crippen LogP contribution in [0.15, 0.2) is 29.2 Å². The lowest BCUT2D eigenvalue weighted by molar-refractivity contribution is -0.385. The maximum atomic E-state index is 12.7. The summed E-state index contributed by atoms with van der Waals surface area (Å²) in [4.78, 5) is 22.8. The second-order valence-corrected chi connectivity index (χ2v) is 10.8. The van der Waals surface area contributed by atoms with Crippen molar-refractivity contribution in [3.05, 3.63) is 34.4 Å². The highest BCUT2D eigenvalue weighted by Crippen LogP contribution is 2.55. The molecule has 1 N–H and O–H groups in total. The highest BCUT2D eigenvalue weighted by molar-refractivity contribution is 7.89. The molecular weight excluding hydrogens is 382 g/mol. The smallest absolute Gasteiger partial charge is 0.270 e. The highest BCUT2D eigenvalue weighted by Gasteiger charge is 2.51. The molecular formula is C19H25N3O5S. The molecule has 0 aliphatic heterocycles. The number of likely N-dealkylation sites (N-methyl/N-ethyl adjacent to an activating group) is 1. The molecule has 4 saturated carbocycles. The van der Waals surface area contributed by atoms with E-state index in [0.29, 0.717) is 17.8 Å². The van der Waals surface area contributed by atoms with Crippen LogP contribution in [0, 0.1) is 27.9 Å². The van der Waals surface area contributed by atoms with Crippen LogP contribution in [-0.4, -0.2) is 42.7 Å². The lowest BCUT2D eigenvalue weighted by atomic mass is 9.53. The average molecular weight is 407 g/mol. The van der Waals surface area contributed by atoms with E-state index in [-0.39, 0.29) is 28.6 Å². The summed E-state index contributed by atoms with van der Waals surface area (Å²) in [6.07, 6.45) is 6.76. The van der Waals surface area contributed by atoms with Crippen molar-refractivity contribution < 1.29 is 18.1 Å². The first-order valence-electron chi connectivity index (χ1n) is 9.69. The molecule has 4 bridgehead atoms. The van der Waals surface area contributed by atoms with E-state index in [1.54, 1.807) is 0 Å². The number of amides is 1. The predicted octanol–water partition coefficient (Wildman–Crippen LogP) is 2.30. The maximum absolute atomic E-state index is 12.7. The summed E-state index contributed by atoms with van der Waals surface area (Å²) < 4.78 is 26.4. The van der Waals surface area contributed by atoms with Gasteiger partial charge in [0.25, 0.3) is 5.69 Å². The van der Waals surface area contributed by atoms with Crippen molar-refractivity contribution in [2.75, 3.05) is 13.6 Å². The molecule has 0 atom stereocenters. The monoisotopic (exact) mass is 407 g/mol. The number of carbonyl (C=O) groups is 1. The van der Waals surface area contributed by atoms with Crippen molar-refractivity contribution in [1.82, 2.24) is 9.62 Å². The number of nitrogens with zero attached hydrogens (tertiary/aromatic N) is 2. The Morgan fingerprint density at radius 3 is 2.32 bits per heavy atom. The van der Waals surface area contributed by atoms with Gasteiger partial charge in [0.2, 0.25) is 15.9 Å². The third-order valence-electron chi connectivity index (χ3n) is 6.55. The summed E-state index contributed by atoms with van der Waals surface area (Å²) in [7, 11) is -2.66. The fraction of sp³-hybridized carbons (Fsp3) is 0.632. The number of hydrogen-bond acceptors (Lipinski definition) is 5. The van der Waals surface area contributed by atoms with Crippen molar-refractivity contribution in [3.8, 4) is 0 Å². The van der Waals surface area contributed by atoms with Crippen LogP contribution < -0.4 is 5.32 Å². The number of hydrogen-bond donors (Lipinski definition) is 1. The van der Waals surface area contributed by atoms with Gasteiger partial charge in [-0.05, 0) is 62.3 Å². The Labute approximate surface area is 164 Å². The summed E-state index contributed by atoms with van der Waals surface area (Å²) >= 11 is 0. The molecule has 4 aliphatic rings. The van der Waals surface area contributed by atoms with Crippen LogP contribution in [0.5, 0.6) is 0 Å². The molecule has 9 heteroatoms. The number of nitro benzene ring substituents is 1. The first-order chi connectivity index (χ1) is 13.2. The summed E-state index contributed by atoms with van der Waals surface area (Å²) in [6.45, 7) is -0.299. The molecule has 28 heavy (non-hydrogen) atoms. The minimum atomic E-state index is -3.99. The number of sulfonamides is 1. The average Bonchev–Trinajstić information content (AvgIpc) is 2.59. The maximum Gasteiger partial charge on any atom is 0.270 e. The molecule has 8 nitrogen and oxygen atoms in total. The minimum absolute atomic E-state index is 0.179. The molecule has 0 spiro atoms. The predicted molar refractivity (Wildman–Crippen MR) is 102 cm³/mol. The van der Waals surface area contributed by atoms with Crippen molar-refractivity contribution in [2.24, 2.45) is 17.8 Å². The largest absolute Gasteiger partial charge is 0.349 e. The molecule has 0 radical (unpaired) electrons. The number of carbonyl (C=O) groups excluding carboxylic acids is 1. The lowest BCUT2D eigenvalue weighted by Gasteiger charge is -2.57. The van der Waals surface area contributed by atoms with Gasteiger partial charge in [0, 0.05) is 24.7 Å². The Balaban J connectivity index is 1.44. The Kier molecular flexibility index (Phi) is 4.70. The zero-order chi connectivity index (χ0) is 20.1. The van der Waals surface area contributed by atoms with Crippen molar-refractivity contribution >= 4 is 21.6 Å². The molecule has 0 aromatic heterocycles. The summed E-state index contributed by atoms with van der Waals surface area (Å²) in [5.41, 5.74) is -0.477. The van der Waals surface area contributed by atoms with Gasteiger partial charge in [0.15, 0.2) is 0 Å². The standard InChI is InChI=1S/C19H25N3O5S/c1-21(28(26,27)17-4-2-3-16(8-17)22(24)25)12-18(23)20-19-9-13-5-14(10-19)7-15(6-13)11-19/h2-4,8,13-15H,5-7,9-12H2,1H3,(H,20,23). The second kappa shape index (κ2) is 6.81. The van der Waals surface area contributed by atoms with Crippen LogP contribution >= 0.6 is 0 Å². The van der Waals surface area contributed by atoms with E-state index in [1.807, 2.05) is 0 Å². The van der Waals surface area contributed by atoms with E-state index >= 15 is 0 Å². The fourth-order valence-electron chi connectivity index (χ4n) is 5.82. The van der Waals surface area contributed by atoms with Gasteiger partial charge >= 0.3 is 0 Å². The molecule has 152 valence electrons. The third kappa shape index (κ3) is 3.53. The van der Waals surface area contributed by atoms with E-state index in [4.69, 9.17) is 0 Å². The molecule has 0 heterocycles. The van der Waals surface area contributed by atoms with Gasteiger partial charge in [0.1, 0.15) is 0 Å². The molecule has 0 saturated heterocycles. The van der Waals surface area contributed by atoms with Gasteiger partial charge < -0.3 is 5.32 Å². The first-order valence-corrected chi connectivity index (χ1v) is 11.1. The third-order valence-corrected chi connectivity index (χ3v) is 8.35. The second-order valence-electron chi connectivity index (χ2n) is 8.76. The topological polar surface area (TPSA) is 110 Å². The van der Waals surface area contributed by atoms with E-state index in [0.717, 1.165) is 29.6 Å². The first kappa shape index (κ1) is 19.3. The zero-order valence-electron chi connectivity index (χ0n) is 15.8. The normalized spacial score (nSPS) is 31.1. The molecule has 1 amide bonds. The van der Waals surface area contributed by atoms with Gasteiger partial charge in [-0.1, -0.05) is 6.07 Å². The Morgan fingerprint density at radius 1 is 1.21 bits per heavy atom. The van der Waals surface area contributed by atoms with Crippen molar-refractivity contribution in [1.29, 1.82) is 0 Å². The van der Waals surface area contributed by atoms with Gasteiger partial charge in [-0.15, -0.1) is 0 Å². The molecule has 5 rings (SSSR count). The number of nitrogens with one attached hydrogen (secondary N) is 1. The van der Waals surface area contributed by atoms with Crippen molar-refractivity contribution in [2.45, 2.75) is 49.0 Å². The van der Waals surface area contributed by atoms with Gasteiger partial charge in [0.05, 0.1) is 16.4 Å². The van der Waals surface area contributed by atoms with Gasteiger partial charge in [-0.25, -0.2) is 8.42 Å². The van der Waals surface area contributed by atoms with E-state index in [2.05, 4.69) is 5.32 Å². The Bertz CT molecular complexity index is 879. The molecule has 1 aromatic rings. The molecule has 4 fully saturated rings. The Morgan fingerprint density at radius 2 is 1.79 bits per heavy atom. The number of nitro groups is 1. The van der Waals surface area contributed by atoms with Gasteiger partial charge in [-0.2, -0.15) is 4.31 Å². The van der Waals surface area contributed by atoms with E-state index < -0.39 is 14.9 Å². The van der Waals surface area contributed by atoms with E-state index in [1.165, 1.54) is 44.5 Å². The van der Waals surface area contributed by atoms with Gasteiger partial charge in [-0.3, -0.25) is 14.9 Å². The van der Waals surface area contributed by atoms with E-state index in [9.17, 15) is 23.3 Å². The van der Waals surface area contributed by atoms with Crippen LogP contribution in [-0.2, 0) is 14.8 Å². The van der Waals surface area contributed by atoms with Crippen LogP contribution in [0.2, 0.25) is 0 Å². The summed E-state index contributed by atoms with van der Waals surface area (Å²) in [5.74, 6) is 1.73.